The van der Waals surface area contributed by atoms with Gasteiger partial charge in [0, 0.05) is 23.6 Å². The first-order chi connectivity index (χ1) is 16.6. The van der Waals surface area contributed by atoms with E-state index in [1.54, 1.807) is 35.0 Å². The maximum Gasteiger partial charge on any atom is 0.408 e. The number of methoxy groups -OCH3 is 1. The second-order valence-electron chi connectivity index (χ2n) is 7.70. The van der Waals surface area contributed by atoms with Crippen LogP contribution < -0.4 is 5.32 Å². The van der Waals surface area contributed by atoms with E-state index in [2.05, 4.69) is 5.32 Å². The molecule has 7 nitrogen and oxygen atoms in total. The number of ether oxygens (including phenoxy) is 2. The number of para-hydroxylation sites is 1. The minimum Gasteiger partial charge on any atom is -0.467 e. The highest BCUT2D eigenvalue weighted by molar-refractivity contribution is 6.03. The summed E-state index contributed by atoms with van der Waals surface area (Å²) in [5.41, 5.74) is 2.80. The van der Waals surface area contributed by atoms with Gasteiger partial charge in [0.2, 0.25) is 0 Å². The summed E-state index contributed by atoms with van der Waals surface area (Å²) in [4.78, 5) is 38.0. The van der Waals surface area contributed by atoms with Gasteiger partial charge >= 0.3 is 12.1 Å². The molecule has 0 radical (unpaired) electrons. The van der Waals surface area contributed by atoms with E-state index in [-0.39, 0.29) is 18.9 Å². The molecule has 7 heteroatoms. The monoisotopic (exact) mass is 456 g/mol. The van der Waals surface area contributed by atoms with E-state index in [9.17, 15) is 14.4 Å². The topological polar surface area (TPSA) is 86.6 Å². The van der Waals surface area contributed by atoms with Crippen molar-refractivity contribution in [2.75, 3.05) is 7.11 Å². The molecule has 4 aromatic rings. The summed E-state index contributed by atoms with van der Waals surface area (Å²) in [6.07, 6.45) is 1.10. The lowest BCUT2D eigenvalue weighted by Gasteiger charge is -2.16. The number of esters is 1. The van der Waals surface area contributed by atoms with Crippen LogP contribution in [-0.2, 0) is 27.3 Å². The first-order valence-corrected chi connectivity index (χ1v) is 10.8. The summed E-state index contributed by atoms with van der Waals surface area (Å²) in [5.74, 6) is -0.796. The molecule has 0 spiro atoms. The van der Waals surface area contributed by atoms with Gasteiger partial charge in [0.25, 0.3) is 5.91 Å². The average Bonchev–Trinajstić information content (AvgIpc) is 3.25. The standard InChI is InChI=1S/C27H24N2O5/c1-33-26(31)23(28-27(32)34-18-19-10-4-2-5-11-19)16-21-17-29(24-15-9-8-14-22(21)24)25(30)20-12-6-3-7-13-20/h2-15,17,23H,16,18H2,1H3,(H,28,32)/t23-/m0/s1. The zero-order valence-electron chi connectivity index (χ0n) is 18.6. The van der Waals surface area contributed by atoms with Crippen molar-refractivity contribution in [3.05, 3.63) is 108 Å². The van der Waals surface area contributed by atoms with Crippen LogP contribution >= 0.6 is 0 Å². The molecule has 0 aliphatic carbocycles. The van der Waals surface area contributed by atoms with Crippen LogP contribution in [0.5, 0.6) is 0 Å². The summed E-state index contributed by atoms with van der Waals surface area (Å²) in [5, 5.41) is 3.40. The Labute approximate surface area is 196 Å². The number of carbonyl (C=O) groups is 3. The van der Waals surface area contributed by atoms with E-state index in [1.165, 1.54) is 7.11 Å². The van der Waals surface area contributed by atoms with Crippen LogP contribution in [0.15, 0.2) is 91.1 Å². The summed E-state index contributed by atoms with van der Waals surface area (Å²) < 4.78 is 11.7. The van der Waals surface area contributed by atoms with Gasteiger partial charge in [0.1, 0.15) is 12.6 Å². The van der Waals surface area contributed by atoms with Gasteiger partial charge in [-0.25, -0.2) is 9.59 Å². The smallest absolute Gasteiger partial charge is 0.408 e. The van der Waals surface area contributed by atoms with Gasteiger partial charge in [0.05, 0.1) is 12.6 Å². The number of nitrogens with zero attached hydrogens (tertiary/aromatic N) is 1. The lowest BCUT2D eigenvalue weighted by Crippen LogP contribution is -2.43. The third-order valence-electron chi connectivity index (χ3n) is 5.45. The second kappa shape index (κ2) is 10.5. The summed E-state index contributed by atoms with van der Waals surface area (Å²) in [6, 6.07) is 24.6. The number of nitrogens with one attached hydrogen (secondary N) is 1. The fourth-order valence-corrected chi connectivity index (χ4v) is 3.76. The van der Waals surface area contributed by atoms with Gasteiger partial charge in [-0.1, -0.05) is 66.7 Å². The van der Waals surface area contributed by atoms with Crippen molar-refractivity contribution >= 4 is 28.9 Å². The normalized spacial score (nSPS) is 11.6. The highest BCUT2D eigenvalue weighted by atomic mass is 16.6. The molecule has 3 aromatic carbocycles. The van der Waals surface area contributed by atoms with Crippen molar-refractivity contribution in [1.29, 1.82) is 0 Å². The van der Waals surface area contributed by atoms with Crippen molar-refractivity contribution in [3.63, 3.8) is 0 Å². The molecule has 1 N–H and O–H groups in total. The van der Waals surface area contributed by atoms with E-state index in [4.69, 9.17) is 9.47 Å². The number of hydrogen-bond acceptors (Lipinski definition) is 5. The quantitative estimate of drug-likeness (QED) is 0.418. The highest BCUT2D eigenvalue weighted by Crippen LogP contribution is 2.24. The Bertz CT molecular complexity index is 1300. The Morgan fingerprint density at radius 3 is 2.24 bits per heavy atom. The lowest BCUT2D eigenvalue weighted by atomic mass is 10.1. The molecule has 1 amide bonds. The Morgan fingerprint density at radius 2 is 1.53 bits per heavy atom. The zero-order chi connectivity index (χ0) is 23.9. The largest absolute Gasteiger partial charge is 0.467 e. The van der Waals surface area contributed by atoms with Crippen molar-refractivity contribution in [3.8, 4) is 0 Å². The van der Waals surface area contributed by atoms with Gasteiger partial charge in [-0.15, -0.1) is 0 Å². The first kappa shape index (κ1) is 22.8. The van der Waals surface area contributed by atoms with Gasteiger partial charge in [-0.2, -0.15) is 0 Å². The lowest BCUT2D eigenvalue weighted by molar-refractivity contribution is -0.143. The molecule has 0 unspecified atom stereocenters. The molecule has 172 valence electrons. The molecule has 4 rings (SSSR count). The van der Waals surface area contributed by atoms with E-state index < -0.39 is 18.1 Å². The maximum absolute atomic E-state index is 13.1. The molecule has 1 atom stereocenters. The predicted octanol–water partition coefficient (Wildman–Crippen LogP) is 4.34. The van der Waals surface area contributed by atoms with Gasteiger partial charge in [-0.05, 0) is 29.3 Å². The first-order valence-electron chi connectivity index (χ1n) is 10.8. The number of benzene rings is 3. The predicted molar refractivity (Wildman–Crippen MR) is 127 cm³/mol. The van der Waals surface area contributed by atoms with E-state index >= 15 is 0 Å². The maximum atomic E-state index is 13.1. The van der Waals surface area contributed by atoms with E-state index in [0.29, 0.717) is 11.1 Å². The minimum atomic E-state index is -0.987. The van der Waals surface area contributed by atoms with Crippen molar-refractivity contribution in [2.45, 2.75) is 19.1 Å². The average molecular weight is 456 g/mol. The van der Waals surface area contributed by atoms with E-state index in [0.717, 1.165) is 16.5 Å². The number of carbonyl (C=O) groups excluding carboxylic acids is 3. The number of hydrogen-bond donors (Lipinski definition) is 1. The molecule has 1 heterocycles. The molecular weight excluding hydrogens is 432 g/mol. The van der Waals surface area contributed by atoms with Gasteiger partial charge in [0.15, 0.2) is 0 Å². The van der Waals surface area contributed by atoms with E-state index in [1.807, 2.05) is 60.7 Å². The van der Waals surface area contributed by atoms with Gasteiger partial charge < -0.3 is 14.8 Å². The second-order valence-corrected chi connectivity index (χ2v) is 7.70. The third kappa shape index (κ3) is 5.15. The minimum absolute atomic E-state index is 0.0749. The number of alkyl carbamates (subject to hydrolysis) is 1. The molecule has 0 aliphatic heterocycles. The summed E-state index contributed by atoms with van der Waals surface area (Å²) in [6.45, 7) is 0.0749. The Kier molecular flexibility index (Phi) is 7.03. The van der Waals surface area contributed by atoms with Gasteiger partial charge in [-0.3, -0.25) is 9.36 Å². The van der Waals surface area contributed by atoms with Crippen LogP contribution in [0.4, 0.5) is 4.79 Å². The molecule has 1 aromatic heterocycles. The highest BCUT2D eigenvalue weighted by Gasteiger charge is 2.25. The number of rotatable bonds is 7. The van der Waals surface area contributed by atoms with Crippen LogP contribution in [0.2, 0.25) is 0 Å². The fourth-order valence-electron chi connectivity index (χ4n) is 3.76. The van der Waals surface area contributed by atoms with Crippen LogP contribution in [0, 0.1) is 0 Å². The summed E-state index contributed by atoms with van der Waals surface area (Å²) in [7, 11) is 1.26. The Morgan fingerprint density at radius 1 is 0.882 bits per heavy atom. The molecule has 0 saturated carbocycles. The van der Waals surface area contributed by atoms with Crippen LogP contribution in [0.25, 0.3) is 10.9 Å². The number of fused-ring (bicyclic) bond motifs is 1. The Balaban J connectivity index is 1.56. The molecule has 0 bridgehead atoms. The fraction of sp³-hybridized carbons (Fsp3) is 0.148. The molecule has 0 fully saturated rings. The molecule has 34 heavy (non-hydrogen) atoms. The van der Waals surface area contributed by atoms with Crippen molar-refractivity contribution in [2.24, 2.45) is 0 Å². The molecule has 0 aliphatic rings. The number of amides is 1. The van der Waals surface area contributed by atoms with Crippen LogP contribution in [0.3, 0.4) is 0 Å². The van der Waals surface area contributed by atoms with Crippen LogP contribution in [0.1, 0.15) is 21.5 Å². The van der Waals surface area contributed by atoms with Crippen molar-refractivity contribution in [1.82, 2.24) is 9.88 Å². The molecular formula is C27H24N2O5. The SMILES string of the molecule is COC(=O)[C@H](Cc1cn(C(=O)c2ccccc2)c2ccccc12)NC(=O)OCc1ccccc1. The number of aromatic nitrogens is 1. The summed E-state index contributed by atoms with van der Waals surface area (Å²) >= 11 is 0. The molecule has 0 saturated heterocycles. The van der Waals surface area contributed by atoms with Crippen molar-refractivity contribution < 1.29 is 23.9 Å². The Hall–Kier alpha value is -4.39. The third-order valence-corrected chi connectivity index (χ3v) is 5.45. The van der Waals surface area contributed by atoms with Crippen LogP contribution in [-0.4, -0.2) is 35.7 Å². The zero-order valence-corrected chi connectivity index (χ0v) is 18.6.